The Hall–Kier alpha value is -3.36. The summed E-state index contributed by atoms with van der Waals surface area (Å²) in [5.41, 5.74) is 3.18. The van der Waals surface area contributed by atoms with Crippen molar-refractivity contribution in [2.45, 2.75) is 19.9 Å². The minimum Gasteiger partial charge on any atom is -0.507 e. The summed E-state index contributed by atoms with van der Waals surface area (Å²) in [7, 11) is 3.91. The van der Waals surface area contributed by atoms with E-state index in [-0.39, 0.29) is 11.3 Å². The van der Waals surface area contributed by atoms with Crippen LogP contribution >= 0.6 is 0 Å². The number of hydrogen-bond donors (Lipinski definition) is 1. The van der Waals surface area contributed by atoms with Gasteiger partial charge in [0.1, 0.15) is 11.5 Å². The maximum absolute atomic E-state index is 13.3. The summed E-state index contributed by atoms with van der Waals surface area (Å²) in [4.78, 5) is 32.4. The highest BCUT2D eigenvalue weighted by Crippen LogP contribution is 2.40. The summed E-state index contributed by atoms with van der Waals surface area (Å²) in [5, 5.41) is 11.4. The Balaban J connectivity index is 1.75. The molecule has 2 aromatic carbocycles. The number of ketones is 1. The second-order valence-corrected chi connectivity index (χ2v) is 9.34. The van der Waals surface area contributed by atoms with Gasteiger partial charge in [-0.2, -0.15) is 0 Å². The zero-order chi connectivity index (χ0) is 25.8. The van der Waals surface area contributed by atoms with Crippen molar-refractivity contribution < 1.29 is 24.2 Å². The van der Waals surface area contributed by atoms with E-state index >= 15 is 0 Å². The van der Waals surface area contributed by atoms with Crippen LogP contribution in [0.2, 0.25) is 0 Å². The van der Waals surface area contributed by atoms with E-state index in [0.717, 1.165) is 29.9 Å². The van der Waals surface area contributed by atoms with Crippen LogP contribution in [0.1, 0.15) is 29.7 Å². The summed E-state index contributed by atoms with van der Waals surface area (Å²) in [6.07, 6.45) is 0. The first-order chi connectivity index (χ1) is 17.3. The number of anilines is 1. The first kappa shape index (κ1) is 25.7. The standard InChI is InChI=1S/C28H35N3O5/c1-5-36-22-10-11-23(19(2)18-22)26(32)24-25(20-6-8-21(9-7-20)29(3)4)31(28(34)27(24)33)13-12-30-14-16-35-17-15-30/h6-11,18,25,32H,5,12-17H2,1-4H3/t25-/m0/s1. The molecule has 2 aromatic rings. The van der Waals surface area contributed by atoms with Gasteiger partial charge < -0.3 is 24.4 Å². The van der Waals surface area contributed by atoms with Gasteiger partial charge in [0.25, 0.3) is 11.7 Å². The molecule has 0 spiro atoms. The number of nitrogens with zero attached hydrogens (tertiary/aromatic N) is 3. The second kappa shape index (κ2) is 11.1. The molecule has 1 atom stereocenters. The lowest BCUT2D eigenvalue weighted by atomic mass is 9.93. The number of likely N-dealkylation sites (tertiary alicyclic amines) is 1. The SMILES string of the molecule is CCOc1ccc(C(O)=C2C(=O)C(=O)N(CCN3CCOCC3)[C@H]2c2ccc(N(C)C)cc2)c(C)c1. The van der Waals surface area contributed by atoms with E-state index in [0.29, 0.717) is 44.2 Å². The molecular formula is C28H35N3O5. The zero-order valence-electron chi connectivity index (χ0n) is 21.5. The van der Waals surface area contributed by atoms with E-state index < -0.39 is 17.7 Å². The fraction of sp³-hybridized carbons (Fsp3) is 0.429. The van der Waals surface area contributed by atoms with Crippen molar-refractivity contribution in [1.29, 1.82) is 0 Å². The van der Waals surface area contributed by atoms with Crippen LogP contribution in [0.15, 0.2) is 48.0 Å². The normalized spacial score (nSPS) is 20.1. The lowest BCUT2D eigenvalue weighted by Gasteiger charge is -2.31. The number of amides is 1. The molecule has 1 N–H and O–H groups in total. The van der Waals surface area contributed by atoms with Crippen LogP contribution in [-0.4, -0.2) is 86.7 Å². The molecule has 8 heteroatoms. The van der Waals surface area contributed by atoms with Gasteiger partial charge >= 0.3 is 0 Å². The molecule has 0 unspecified atom stereocenters. The van der Waals surface area contributed by atoms with E-state index in [1.807, 2.05) is 63.2 Å². The lowest BCUT2D eigenvalue weighted by Crippen LogP contribution is -2.42. The average molecular weight is 494 g/mol. The zero-order valence-corrected chi connectivity index (χ0v) is 21.5. The van der Waals surface area contributed by atoms with Gasteiger partial charge in [0.05, 0.1) is 31.4 Å². The average Bonchev–Trinajstić information content (AvgIpc) is 3.13. The summed E-state index contributed by atoms with van der Waals surface area (Å²) in [5.74, 6) is -0.725. The van der Waals surface area contributed by atoms with Crippen molar-refractivity contribution in [3.8, 4) is 5.75 Å². The van der Waals surface area contributed by atoms with Gasteiger partial charge in [-0.1, -0.05) is 12.1 Å². The molecule has 4 rings (SSSR count). The van der Waals surface area contributed by atoms with Gasteiger partial charge in [0, 0.05) is 51.5 Å². The minimum atomic E-state index is -0.673. The number of hydrogen-bond acceptors (Lipinski definition) is 7. The Morgan fingerprint density at radius 3 is 2.39 bits per heavy atom. The maximum atomic E-state index is 13.3. The number of aryl methyl sites for hydroxylation is 1. The first-order valence-electron chi connectivity index (χ1n) is 12.4. The van der Waals surface area contributed by atoms with E-state index in [1.54, 1.807) is 17.0 Å². The molecule has 8 nitrogen and oxygen atoms in total. The molecule has 192 valence electrons. The Kier molecular flexibility index (Phi) is 7.96. The molecule has 0 aliphatic carbocycles. The monoisotopic (exact) mass is 493 g/mol. The Bertz CT molecular complexity index is 1140. The van der Waals surface area contributed by atoms with E-state index in [1.165, 1.54) is 0 Å². The molecule has 0 bridgehead atoms. The van der Waals surface area contributed by atoms with Crippen molar-refractivity contribution in [2.24, 2.45) is 0 Å². The van der Waals surface area contributed by atoms with Crippen LogP contribution in [0.5, 0.6) is 5.75 Å². The number of rotatable bonds is 8. The third-order valence-corrected chi connectivity index (χ3v) is 6.79. The molecule has 2 aliphatic heterocycles. The highest BCUT2D eigenvalue weighted by atomic mass is 16.5. The van der Waals surface area contributed by atoms with Crippen LogP contribution in [0.3, 0.4) is 0 Å². The molecule has 2 heterocycles. The van der Waals surface area contributed by atoms with E-state index in [4.69, 9.17) is 9.47 Å². The molecular weight excluding hydrogens is 458 g/mol. The Morgan fingerprint density at radius 1 is 1.08 bits per heavy atom. The molecule has 1 amide bonds. The van der Waals surface area contributed by atoms with Crippen LogP contribution in [0.4, 0.5) is 5.69 Å². The van der Waals surface area contributed by atoms with Gasteiger partial charge in [-0.15, -0.1) is 0 Å². The van der Waals surface area contributed by atoms with Crippen molar-refractivity contribution in [2.75, 3.05) is 65.0 Å². The van der Waals surface area contributed by atoms with Gasteiger partial charge in [-0.05, 0) is 55.3 Å². The summed E-state index contributed by atoms with van der Waals surface area (Å²) >= 11 is 0. The van der Waals surface area contributed by atoms with Crippen molar-refractivity contribution in [3.05, 3.63) is 64.7 Å². The summed E-state index contributed by atoms with van der Waals surface area (Å²) in [6, 6.07) is 12.4. The molecule has 0 radical (unpaired) electrons. The molecule has 0 aromatic heterocycles. The smallest absolute Gasteiger partial charge is 0.295 e. The third kappa shape index (κ3) is 5.24. The quantitative estimate of drug-likeness (QED) is 0.344. The van der Waals surface area contributed by atoms with Gasteiger partial charge in [0.15, 0.2) is 0 Å². The second-order valence-electron chi connectivity index (χ2n) is 9.34. The van der Waals surface area contributed by atoms with Crippen LogP contribution in [-0.2, 0) is 14.3 Å². The number of aliphatic hydroxyl groups excluding tert-OH is 1. The fourth-order valence-corrected chi connectivity index (χ4v) is 4.79. The van der Waals surface area contributed by atoms with Crippen LogP contribution in [0.25, 0.3) is 5.76 Å². The van der Waals surface area contributed by atoms with Crippen molar-refractivity contribution >= 4 is 23.1 Å². The van der Waals surface area contributed by atoms with E-state index in [2.05, 4.69) is 4.90 Å². The largest absolute Gasteiger partial charge is 0.507 e. The number of morpholine rings is 1. The Labute approximate surface area is 212 Å². The van der Waals surface area contributed by atoms with Crippen LogP contribution < -0.4 is 9.64 Å². The van der Waals surface area contributed by atoms with Crippen molar-refractivity contribution in [1.82, 2.24) is 9.80 Å². The van der Waals surface area contributed by atoms with Gasteiger partial charge in [-0.25, -0.2) is 0 Å². The Morgan fingerprint density at radius 2 is 1.78 bits per heavy atom. The number of carbonyl (C=O) groups is 2. The summed E-state index contributed by atoms with van der Waals surface area (Å²) in [6.45, 7) is 8.19. The predicted octanol–water partition coefficient (Wildman–Crippen LogP) is 3.21. The predicted molar refractivity (Wildman–Crippen MR) is 139 cm³/mol. The minimum absolute atomic E-state index is 0.117. The number of Topliss-reactive ketones (excluding diaryl/α,β-unsaturated/α-hetero) is 1. The third-order valence-electron chi connectivity index (χ3n) is 6.79. The highest BCUT2D eigenvalue weighted by molar-refractivity contribution is 6.46. The molecule has 0 saturated carbocycles. The van der Waals surface area contributed by atoms with E-state index in [9.17, 15) is 14.7 Å². The molecule has 2 fully saturated rings. The number of ether oxygens (including phenoxy) is 2. The lowest BCUT2D eigenvalue weighted by molar-refractivity contribution is -0.140. The first-order valence-corrected chi connectivity index (χ1v) is 12.4. The maximum Gasteiger partial charge on any atom is 0.295 e. The molecule has 36 heavy (non-hydrogen) atoms. The van der Waals surface area contributed by atoms with Gasteiger partial charge in [-0.3, -0.25) is 14.5 Å². The topological polar surface area (TPSA) is 82.5 Å². The van der Waals surface area contributed by atoms with Crippen molar-refractivity contribution in [3.63, 3.8) is 0 Å². The molecule has 2 aliphatic rings. The number of aliphatic hydroxyl groups is 1. The van der Waals surface area contributed by atoms with Gasteiger partial charge in [0.2, 0.25) is 0 Å². The van der Waals surface area contributed by atoms with Crippen LogP contribution in [0, 0.1) is 6.92 Å². The summed E-state index contributed by atoms with van der Waals surface area (Å²) < 4.78 is 11.0. The number of carbonyl (C=O) groups excluding carboxylic acids is 2. The number of benzene rings is 2. The molecule has 2 saturated heterocycles. The highest BCUT2D eigenvalue weighted by Gasteiger charge is 2.46. The fourth-order valence-electron chi connectivity index (χ4n) is 4.79.